The predicted octanol–water partition coefficient (Wildman–Crippen LogP) is 2.52. The summed E-state index contributed by atoms with van der Waals surface area (Å²) in [6, 6.07) is 9.13. The molecule has 100 valence electrons. The fourth-order valence-electron chi connectivity index (χ4n) is 1.42. The van der Waals surface area contributed by atoms with Crippen LogP contribution in [-0.4, -0.2) is 35.4 Å². The second-order valence-electron chi connectivity index (χ2n) is 3.99. The molecule has 1 aromatic carbocycles. The van der Waals surface area contributed by atoms with Crippen LogP contribution in [0.2, 0.25) is 0 Å². The quantitative estimate of drug-likeness (QED) is 0.855. The number of carboxylic acid groups (broad SMARTS) is 1. The highest BCUT2D eigenvalue weighted by Crippen LogP contribution is 2.38. The number of hydrogen-bond acceptors (Lipinski definition) is 6. The van der Waals surface area contributed by atoms with E-state index in [9.17, 15) is 9.90 Å². The van der Waals surface area contributed by atoms with E-state index in [0.717, 1.165) is 10.7 Å². The zero-order valence-electron chi connectivity index (χ0n) is 10.5. The first-order valence-electron chi connectivity index (χ1n) is 5.53. The summed E-state index contributed by atoms with van der Waals surface area (Å²) < 4.78 is 0.653. The smallest absolute Gasteiger partial charge is 0.321 e. The van der Waals surface area contributed by atoms with Gasteiger partial charge in [-0.1, -0.05) is 53.4 Å². The Bertz CT molecular complexity index is 557. The summed E-state index contributed by atoms with van der Waals surface area (Å²) in [5.41, 5.74) is 0.751. The van der Waals surface area contributed by atoms with Gasteiger partial charge in [-0.2, -0.15) is 0 Å². The molecule has 0 bridgehead atoms. The van der Waals surface area contributed by atoms with Crippen molar-refractivity contribution in [3.05, 3.63) is 35.9 Å². The van der Waals surface area contributed by atoms with E-state index in [-0.39, 0.29) is 0 Å². The first-order valence-corrected chi connectivity index (χ1v) is 7.23. The Kier molecular flexibility index (Phi) is 4.39. The van der Waals surface area contributed by atoms with Crippen LogP contribution >= 0.6 is 23.1 Å². The van der Waals surface area contributed by atoms with Crippen molar-refractivity contribution in [2.45, 2.75) is 9.59 Å². The van der Waals surface area contributed by atoms with Crippen molar-refractivity contribution in [1.29, 1.82) is 0 Å². The molecule has 19 heavy (non-hydrogen) atoms. The maximum atomic E-state index is 11.4. The van der Waals surface area contributed by atoms with Gasteiger partial charge in [0.2, 0.25) is 5.13 Å². The van der Waals surface area contributed by atoms with E-state index >= 15 is 0 Å². The summed E-state index contributed by atoms with van der Waals surface area (Å²) in [5, 5.41) is 17.4. The van der Waals surface area contributed by atoms with Crippen LogP contribution in [0.1, 0.15) is 10.8 Å². The van der Waals surface area contributed by atoms with E-state index in [0.29, 0.717) is 4.34 Å². The van der Waals surface area contributed by atoms with Gasteiger partial charge in [0.25, 0.3) is 0 Å². The molecule has 1 aromatic heterocycles. The molecule has 1 N–H and O–H groups in total. The van der Waals surface area contributed by atoms with Crippen molar-refractivity contribution in [3.8, 4) is 0 Å². The summed E-state index contributed by atoms with van der Waals surface area (Å²) in [6.45, 7) is 0. The van der Waals surface area contributed by atoms with Gasteiger partial charge in [-0.05, 0) is 5.56 Å². The normalized spacial score (nSPS) is 12.1. The number of hydrogen-bond donors (Lipinski definition) is 1. The van der Waals surface area contributed by atoms with Crippen molar-refractivity contribution in [1.82, 2.24) is 10.2 Å². The molecule has 0 amide bonds. The van der Waals surface area contributed by atoms with Crippen molar-refractivity contribution >= 4 is 34.2 Å². The Morgan fingerprint density at radius 1 is 1.32 bits per heavy atom. The number of carboxylic acids is 1. The van der Waals surface area contributed by atoms with Gasteiger partial charge in [0.15, 0.2) is 4.34 Å². The molecular formula is C12H13N3O2S2. The van der Waals surface area contributed by atoms with Gasteiger partial charge in [-0.3, -0.25) is 4.79 Å². The molecule has 0 saturated carbocycles. The molecule has 0 aliphatic rings. The molecule has 1 unspecified atom stereocenters. The van der Waals surface area contributed by atoms with Gasteiger partial charge >= 0.3 is 5.97 Å². The van der Waals surface area contributed by atoms with Gasteiger partial charge in [0.05, 0.1) is 0 Å². The molecule has 0 fully saturated rings. The summed E-state index contributed by atoms with van der Waals surface area (Å²) in [6.07, 6.45) is 0. The second-order valence-corrected chi connectivity index (χ2v) is 6.30. The van der Waals surface area contributed by atoms with Crippen molar-refractivity contribution in [3.63, 3.8) is 0 Å². The molecule has 0 spiro atoms. The van der Waals surface area contributed by atoms with Crippen molar-refractivity contribution < 1.29 is 9.90 Å². The van der Waals surface area contributed by atoms with Crippen LogP contribution in [0.4, 0.5) is 5.13 Å². The first-order chi connectivity index (χ1) is 9.08. The highest BCUT2D eigenvalue weighted by Gasteiger charge is 2.23. The third-order valence-electron chi connectivity index (χ3n) is 2.32. The zero-order chi connectivity index (χ0) is 13.8. The van der Waals surface area contributed by atoms with Crippen molar-refractivity contribution in [2.75, 3.05) is 19.0 Å². The van der Waals surface area contributed by atoms with Gasteiger partial charge in [0, 0.05) is 14.1 Å². The average Bonchev–Trinajstić information content (AvgIpc) is 2.85. The van der Waals surface area contributed by atoms with Gasteiger partial charge in [0.1, 0.15) is 5.25 Å². The van der Waals surface area contributed by atoms with Crippen LogP contribution in [0.25, 0.3) is 0 Å². The van der Waals surface area contributed by atoms with Gasteiger partial charge in [-0.25, -0.2) is 0 Å². The molecule has 1 heterocycles. The first kappa shape index (κ1) is 13.8. The largest absolute Gasteiger partial charge is 0.480 e. The predicted molar refractivity (Wildman–Crippen MR) is 76.9 cm³/mol. The van der Waals surface area contributed by atoms with Crippen LogP contribution in [-0.2, 0) is 4.79 Å². The SMILES string of the molecule is CN(C)c1nnc(SC(C(=O)O)c2ccccc2)s1. The summed E-state index contributed by atoms with van der Waals surface area (Å²) >= 11 is 2.59. The lowest BCUT2D eigenvalue weighted by molar-refractivity contribution is -0.136. The second kappa shape index (κ2) is 6.03. The van der Waals surface area contributed by atoms with Crippen LogP contribution < -0.4 is 4.90 Å². The molecule has 0 aliphatic heterocycles. The molecule has 1 atom stereocenters. The lowest BCUT2D eigenvalue weighted by atomic mass is 10.1. The van der Waals surface area contributed by atoms with E-state index in [2.05, 4.69) is 10.2 Å². The van der Waals surface area contributed by atoms with Crippen LogP contribution in [0.5, 0.6) is 0 Å². The third kappa shape index (κ3) is 3.45. The Hall–Kier alpha value is -1.60. The molecule has 0 radical (unpaired) electrons. The Morgan fingerprint density at radius 2 is 2.00 bits per heavy atom. The van der Waals surface area contributed by atoms with Crippen LogP contribution in [0.3, 0.4) is 0 Å². The van der Waals surface area contributed by atoms with E-state index in [1.54, 1.807) is 12.1 Å². The number of anilines is 1. The molecule has 0 aliphatic carbocycles. The van der Waals surface area contributed by atoms with E-state index < -0.39 is 11.2 Å². The summed E-state index contributed by atoms with van der Waals surface area (Å²) in [7, 11) is 3.75. The summed E-state index contributed by atoms with van der Waals surface area (Å²) in [4.78, 5) is 13.2. The highest BCUT2D eigenvalue weighted by atomic mass is 32.2. The van der Waals surface area contributed by atoms with E-state index in [4.69, 9.17) is 0 Å². The number of aromatic nitrogens is 2. The van der Waals surface area contributed by atoms with Crippen LogP contribution in [0, 0.1) is 0 Å². The number of aliphatic carboxylic acids is 1. The Labute approximate surface area is 119 Å². The lowest BCUT2D eigenvalue weighted by Crippen LogP contribution is -2.07. The minimum atomic E-state index is -0.877. The lowest BCUT2D eigenvalue weighted by Gasteiger charge is -2.09. The highest BCUT2D eigenvalue weighted by molar-refractivity contribution is 8.01. The minimum absolute atomic E-state index is 0.653. The number of carbonyl (C=O) groups is 1. The standard InChI is InChI=1S/C12H13N3O2S2/c1-15(2)11-13-14-12(19-11)18-9(10(16)17)8-6-4-3-5-7-8/h3-7,9H,1-2H3,(H,16,17). The third-order valence-corrected chi connectivity index (χ3v) is 4.74. The Morgan fingerprint density at radius 3 is 2.53 bits per heavy atom. The number of nitrogens with zero attached hydrogens (tertiary/aromatic N) is 3. The molecule has 7 heteroatoms. The topological polar surface area (TPSA) is 66.3 Å². The van der Waals surface area contributed by atoms with Crippen LogP contribution in [0.15, 0.2) is 34.7 Å². The Balaban J connectivity index is 2.19. The number of thioether (sulfide) groups is 1. The maximum Gasteiger partial charge on any atom is 0.321 e. The van der Waals surface area contributed by atoms with E-state index in [1.807, 2.05) is 37.2 Å². The minimum Gasteiger partial charge on any atom is -0.480 e. The number of benzene rings is 1. The molecule has 2 aromatic rings. The molecule has 5 nitrogen and oxygen atoms in total. The van der Waals surface area contributed by atoms with Gasteiger partial charge in [-0.15, -0.1) is 10.2 Å². The molecule has 0 saturated heterocycles. The summed E-state index contributed by atoms with van der Waals surface area (Å²) in [5.74, 6) is -0.877. The van der Waals surface area contributed by atoms with Gasteiger partial charge < -0.3 is 10.0 Å². The van der Waals surface area contributed by atoms with E-state index in [1.165, 1.54) is 23.1 Å². The molecule has 2 rings (SSSR count). The maximum absolute atomic E-state index is 11.4. The van der Waals surface area contributed by atoms with Crippen molar-refractivity contribution in [2.24, 2.45) is 0 Å². The monoisotopic (exact) mass is 295 g/mol. The number of rotatable bonds is 5. The zero-order valence-corrected chi connectivity index (χ0v) is 12.1. The fraction of sp³-hybridized carbons (Fsp3) is 0.250. The molecular weight excluding hydrogens is 282 g/mol. The fourth-order valence-corrected chi connectivity index (χ4v) is 3.31. The average molecular weight is 295 g/mol.